The number of amides is 1. The Morgan fingerprint density at radius 2 is 2.24 bits per heavy atom. The molecule has 17 heavy (non-hydrogen) atoms. The van der Waals surface area contributed by atoms with E-state index in [0.29, 0.717) is 23.3 Å². The average molecular weight is 254 g/mol. The van der Waals surface area contributed by atoms with Crippen molar-refractivity contribution in [2.45, 2.75) is 25.7 Å². The summed E-state index contributed by atoms with van der Waals surface area (Å²) < 4.78 is 0. The first-order chi connectivity index (χ1) is 8.31. The Kier molecular flexibility index (Phi) is 4.50. The van der Waals surface area contributed by atoms with Crippen molar-refractivity contribution in [2.24, 2.45) is 11.8 Å². The second-order valence-electron chi connectivity index (χ2n) is 4.56. The van der Waals surface area contributed by atoms with Gasteiger partial charge in [-0.1, -0.05) is 12.8 Å². The van der Waals surface area contributed by atoms with Crippen LogP contribution < -0.4 is 5.32 Å². The highest BCUT2D eigenvalue weighted by atomic mass is 32.1. The quantitative estimate of drug-likeness (QED) is 0.859. The lowest BCUT2D eigenvalue weighted by Gasteiger charge is -2.30. The summed E-state index contributed by atoms with van der Waals surface area (Å²) in [7, 11) is 0. The molecule has 1 aromatic rings. The molecule has 0 radical (unpaired) electrons. The van der Waals surface area contributed by atoms with E-state index in [1.54, 1.807) is 11.7 Å². The number of carbonyl (C=O) groups excluding carboxylic acids is 1. The van der Waals surface area contributed by atoms with E-state index < -0.39 is 0 Å². The molecule has 2 N–H and O–H groups in total. The van der Waals surface area contributed by atoms with Crippen LogP contribution in [-0.4, -0.2) is 29.1 Å². The van der Waals surface area contributed by atoms with Gasteiger partial charge in [-0.3, -0.25) is 9.78 Å². The van der Waals surface area contributed by atoms with Crippen molar-refractivity contribution < 1.29 is 9.90 Å². The number of nitrogens with zero attached hydrogens (tertiary/aromatic N) is 1. The monoisotopic (exact) mass is 254 g/mol. The molecule has 0 saturated heterocycles. The number of hydrogen-bond donors (Lipinski definition) is 2. The third kappa shape index (κ3) is 3.26. The van der Waals surface area contributed by atoms with Gasteiger partial charge in [-0.05, 0) is 24.7 Å². The maximum absolute atomic E-state index is 11.7. The van der Waals surface area contributed by atoms with Crippen molar-refractivity contribution in [3.63, 3.8) is 0 Å². The molecule has 0 spiro atoms. The van der Waals surface area contributed by atoms with Crippen molar-refractivity contribution in [3.8, 4) is 0 Å². The number of carbonyl (C=O) groups is 1. The van der Waals surface area contributed by atoms with Gasteiger partial charge in [-0.2, -0.15) is 0 Å². The largest absolute Gasteiger partial charge is 0.396 e. The van der Waals surface area contributed by atoms with E-state index in [1.165, 1.54) is 24.2 Å². The van der Waals surface area contributed by atoms with Crippen LogP contribution in [0, 0.1) is 11.8 Å². The summed E-state index contributed by atoms with van der Waals surface area (Å²) in [5, 5.41) is 12.2. The molecule has 1 aromatic heterocycles. The molecule has 0 aromatic carbocycles. The highest BCUT2D eigenvalue weighted by molar-refractivity contribution is 7.11. The lowest BCUT2D eigenvalue weighted by Crippen LogP contribution is -2.35. The molecular formula is C12H18N2O2S. The molecule has 1 fully saturated rings. The molecule has 1 saturated carbocycles. The van der Waals surface area contributed by atoms with Gasteiger partial charge >= 0.3 is 0 Å². The minimum Gasteiger partial charge on any atom is -0.396 e. The molecule has 2 unspecified atom stereocenters. The Balaban J connectivity index is 1.82. The van der Waals surface area contributed by atoms with Gasteiger partial charge in [0.2, 0.25) is 0 Å². The average Bonchev–Trinajstić information content (AvgIpc) is 2.90. The van der Waals surface area contributed by atoms with Crippen molar-refractivity contribution in [1.82, 2.24) is 10.3 Å². The lowest BCUT2D eigenvalue weighted by molar-refractivity contribution is 0.0913. The van der Waals surface area contributed by atoms with Crippen LogP contribution in [0.25, 0.3) is 0 Å². The maximum atomic E-state index is 11.7. The summed E-state index contributed by atoms with van der Waals surface area (Å²) in [6, 6.07) is 0. The summed E-state index contributed by atoms with van der Waals surface area (Å²) in [5.41, 5.74) is 1.66. The van der Waals surface area contributed by atoms with Crippen molar-refractivity contribution >= 4 is 17.2 Å². The van der Waals surface area contributed by atoms with E-state index in [1.807, 2.05) is 0 Å². The van der Waals surface area contributed by atoms with Crippen LogP contribution in [0.3, 0.4) is 0 Å². The molecule has 5 heteroatoms. The van der Waals surface area contributed by atoms with Gasteiger partial charge in [0.1, 0.15) is 4.88 Å². The number of thiazole rings is 1. The summed E-state index contributed by atoms with van der Waals surface area (Å²) in [5.74, 6) is 0.728. The van der Waals surface area contributed by atoms with Crippen molar-refractivity contribution in [2.75, 3.05) is 13.2 Å². The van der Waals surface area contributed by atoms with Crippen LogP contribution in [0.4, 0.5) is 0 Å². The zero-order valence-corrected chi connectivity index (χ0v) is 10.6. The molecule has 1 amide bonds. The topological polar surface area (TPSA) is 62.2 Å². The van der Waals surface area contributed by atoms with E-state index in [9.17, 15) is 9.90 Å². The second-order valence-corrected chi connectivity index (χ2v) is 5.45. The van der Waals surface area contributed by atoms with Gasteiger partial charge < -0.3 is 10.4 Å². The van der Waals surface area contributed by atoms with E-state index in [0.717, 1.165) is 12.8 Å². The Morgan fingerprint density at radius 1 is 1.47 bits per heavy atom. The predicted octanol–water partition coefficient (Wildman–Crippen LogP) is 1.67. The highest BCUT2D eigenvalue weighted by Gasteiger charge is 2.24. The van der Waals surface area contributed by atoms with Gasteiger partial charge in [-0.15, -0.1) is 11.3 Å². The fraction of sp³-hybridized carbons (Fsp3) is 0.667. The second kappa shape index (κ2) is 6.12. The Hall–Kier alpha value is -0.940. The van der Waals surface area contributed by atoms with Crippen LogP contribution in [-0.2, 0) is 0 Å². The zero-order chi connectivity index (χ0) is 12.1. The minimum absolute atomic E-state index is 0.0465. The summed E-state index contributed by atoms with van der Waals surface area (Å²) in [4.78, 5) is 16.3. The third-order valence-corrected chi connectivity index (χ3v) is 4.25. The normalized spacial score (nSPS) is 24.5. The number of aliphatic hydroxyl groups is 1. The molecule has 1 heterocycles. The lowest BCUT2D eigenvalue weighted by atomic mass is 9.79. The smallest absolute Gasteiger partial charge is 0.263 e. The molecular weight excluding hydrogens is 236 g/mol. The minimum atomic E-state index is -0.0465. The number of aromatic nitrogens is 1. The van der Waals surface area contributed by atoms with Crippen molar-refractivity contribution in [1.29, 1.82) is 0 Å². The third-order valence-electron chi connectivity index (χ3n) is 3.48. The molecule has 4 nitrogen and oxygen atoms in total. The Morgan fingerprint density at radius 3 is 2.88 bits per heavy atom. The first kappa shape index (κ1) is 12.5. The van der Waals surface area contributed by atoms with Gasteiger partial charge in [0.15, 0.2) is 0 Å². The molecule has 2 rings (SSSR count). The zero-order valence-electron chi connectivity index (χ0n) is 9.76. The van der Waals surface area contributed by atoms with Gasteiger partial charge in [0.25, 0.3) is 5.91 Å². The Bertz CT molecular complexity index is 353. The summed E-state index contributed by atoms with van der Waals surface area (Å²) in [6.07, 6.45) is 6.18. The molecule has 1 aliphatic carbocycles. The van der Waals surface area contributed by atoms with Crippen LogP contribution in [0.15, 0.2) is 11.7 Å². The van der Waals surface area contributed by atoms with Crippen LogP contribution >= 0.6 is 11.3 Å². The fourth-order valence-electron chi connectivity index (χ4n) is 2.43. The van der Waals surface area contributed by atoms with Gasteiger partial charge in [0.05, 0.1) is 11.7 Å². The number of aliphatic hydroxyl groups excluding tert-OH is 1. The predicted molar refractivity (Wildman–Crippen MR) is 67.0 cm³/mol. The Labute approximate surface area is 105 Å². The van der Waals surface area contributed by atoms with E-state index in [4.69, 9.17) is 0 Å². The van der Waals surface area contributed by atoms with Gasteiger partial charge in [0, 0.05) is 13.2 Å². The number of nitrogens with one attached hydrogen (secondary N) is 1. The molecule has 0 bridgehead atoms. The van der Waals surface area contributed by atoms with Crippen LogP contribution in [0.5, 0.6) is 0 Å². The van der Waals surface area contributed by atoms with Crippen molar-refractivity contribution in [3.05, 3.63) is 16.6 Å². The summed E-state index contributed by atoms with van der Waals surface area (Å²) >= 11 is 1.35. The van der Waals surface area contributed by atoms with Crippen LogP contribution in [0.1, 0.15) is 35.4 Å². The molecule has 1 aliphatic rings. The van der Waals surface area contributed by atoms with E-state index in [-0.39, 0.29) is 12.5 Å². The molecule has 0 aliphatic heterocycles. The maximum Gasteiger partial charge on any atom is 0.263 e. The SMILES string of the molecule is O=C(NCC1CCCCC1CO)c1cncs1. The fourth-order valence-corrected chi connectivity index (χ4v) is 2.97. The molecule has 2 atom stereocenters. The standard InChI is InChI=1S/C12H18N2O2S/c15-7-10-4-2-1-3-9(10)5-14-12(16)11-6-13-8-17-11/h6,8-10,15H,1-5,7H2,(H,14,16). The first-order valence-electron chi connectivity index (χ1n) is 6.09. The van der Waals surface area contributed by atoms with E-state index >= 15 is 0 Å². The summed E-state index contributed by atoms with van der Waals surface area (Å²) in [6.45, 7) is 0.906. The van der Waals surface area contributed by atoms with E-state index in [2.05, 4.69) is 10.3 Å². The number of hydrogen-bond acceptors (Lipinski definition) is 4. The first-order valence-corrected chi connectivity index (χ1v) is 6.96. The number of rotatable bonds is 4. The molecule has 94 valence electrons. The van der Waals surface area contributed by atoms with Gasteiger partial charge in [-0.25, -0.2) is 0 Å². The van der Waals surface area contributed by atoms with Crippen LogP contribution in [0.2, 0.25) is 0 Å². The highest BCUT2D eigenvalue weighted by Crippen LogP contribution is 2.29.